The van der Waals surface area contributed by atoms with Crippen molar-refractivity contribution in [1.82, 2.24) is 10.2 Å². The Hall–Kier alpha value is -1.99. The molecule has 0 aliphatic heterocycles. The Morgan fingerprint density at radius 2 is 1.66 bits per heavy atom. The number of hydrogen-bond donors (Lipinski definition) is 1. The summed E-state index contributed by atoms with van der Waals surface area (Å²) in [6.45, 7) is 8.15. The molecule has 0 radical (unpaired) electrons. The number of carbonyl (C=O) groups is 2. The SMILES string of the molecule is CCC(C(=O)NC(C)(C)C)N(Cc1ccc(OC)cc1)C(=O)CSCc1ccc(Br)cc1. The maximum absolute atomic E-state index is 13.3. The summed E-state index contributed by atoms with van der Waals surface area (Å²) in [6.07, 6.45) is 0.543. The first-order chi connectivity index (χ1) is 15.1. The lowest BCUT2D eigenvalue weighted by molar-refractivity contribution is -0.140. The van der Waals surface area contributed by atoms with Gasteiger partial charge in [-0.1, -0.05) is 47.1 Å². The molecule has 0 aromatic heterocycles. The molecule has 0 spiro atoms. The van der Waals surface area contributed by atoms with Crippen molar-refractivity contribution in [3.8, 4) is 5.75 Å². The van der Waals surface area contributed by atoms with Gasteiger partial charge in [-0.2, -0.15) is 0 Å². The van der Waals surface area contributed by atoms with E-state index in [0.29, 0.717) is 18.7 Å². The van der Waals surface area contributed by atoms with Crippen LogP contribution in [0.15, 0.2) is 53.0 Å². The first-order valence-corrected chi connectivity index (χ1v) is 12.6. The van der Waals surface area contributed by atoms with Crippen LogP contribution in [0, 0.1) is 0 Å². The lowest BCUT2D eigenvalue weighted by Crippen LogP contribution is -2.53. The molecule has 0 saturated carbocycles. The van der Waals surface area contributed by atoms with Gasteiger partial charge in [-0.05, 0) is 62.6 Å². The molecule has 174 valence electrons. The molecule has 5 nitrogen and oxygen atoms in total. The summed E-state index contributed by atoms with van der Waals surface area (Å²) >= 11 is 5.00. The largest absolute Gasteiger partial charge is 0.497 e. The van der Waals surface area contributed by atoms with Gasteiger partial charge in [0.25, 0.3) is 0 Å². The quantitative estimate of drug-likeness (QED) is 0.454. The highest BCUT2D eigenvalue weighted by molar-refractivity contribution is 9.10. The fraction of sp³-hybridized carbons (Fsp3) is 0.440. The Morgan fingerprint density at radius 1 is 1.06 bits per heavy atom. The van der Waals surface area contributed by atoms with Crippen molar-refractivity contribution in [2.24, 2.45) is 0 Å². The topological polar surface area (TPSA) is 58.6 Å². The molecule has 0 aliphatic carbocycles. The lowest BCUT2D eigenvalue weighted by Gasteiger charge is -2.33. The van der Waals surface area contributed by atoms with Crippen LogP contribution in [0.1, 0.15) is 45.2 Å². The number of halogens is 1. The van der Waals surface area contributed by atoms with Crippen molar-refractivity contribution >= 4 is 39.5 Å². The van der Waals surface area contributed by atoms with Crippen LogP contribution in [0.2, 0.25) is 0 Å². The minimum absolute atomic E-state index is 0.0427. The highest BCUT2D eigenvalue weighted by Gasteiger charge is 2.30. The van der Waals surface area contributed by atoms with Gasteiger partial charge in [-0.15, -0.1) is 11.8 Å². The maximum Gasteiger partial charge on any atom is 0.243 e. The van der Waals surface area contributed by atoms with E-state index in [9.17, 15) is 9.59 Å². The number of rotatable bonds is 10. The van der Waals surface area contributed by atoms with Crippen molar-refractivity contribution in [2.45, 2.75) is 58.0 Å². The van der Waals surface area contributed by atoms with Crippen LogP contribution in [0.3, 0.4) is 0 Å². The second-order valence-corrected chi connectivity index (χ2v) is 10.6. The molecule has 32 heavy (non-hydrogen) atoms. The van der Waals surface area contributed by atoms with E-state index >= 15 is 0 Å². The molecule has 0 fully saturated rings. The van der Waals surface area contributed by atoms with Gasteiger partial charge >= 0.3 is 0 Å². The number of nitrogens with one attached hydrogen (secondary N) is 1. The molecule has 2 amide bonds. The van der Waals surface area contributed by atoms with Crippen LogP contribution < -0.4 is 10.1 Å². The number of ether oxygens (including phenoxy) is 1. The van der Waals surface area contributed by atoms with Crippen LogP contribution in [0.25, 0.3) is 0 Å². The van der Waals surface area contributed by atoms with Gasteiger partial charge < -0.3 is 15.0 Å². The Labute approximate surface area is 204 Å². The Balaban J connectivity index is 2.15. The van der Waals surface area contributed by atoms with Gasteiger partial charge in [0.05, 0.1) is 12.9 Å². The van der Waals surface area contributed by atoms with Crippen molar-refractivity contribution in [3.05, 3.63) is 64.1 Å². The molecule has 0 saturated heterocycles. The molecular formula is C25H33BrN2O3S. The summed E-state index contributed by atoms with van der Waals surface area (Å²) in [6, 6.07) is 15.2. The summed E-state index contributed by atoms with van der Waals surface area (Å²) in [5.41, 5.74) is 1.75. The van der Waals surface area contributed by atoms with Gasteiger partial charge in [0.15, 0.2) is 0 Å². The average Bonchev–Trinajstić information content (AvgIpc) is 2.74. The van der Waals surface area contributed by atoms with Gasteiger partial charge in [0, 0.05) is 22.3 Å². The fourth-order valence-corrected chi connectivity index (χ4v) is 4.35. The number of benzene rings is 2. The summed E-state index contributed by atoms with van der Waals surface area (Å²) in [4.78, 5) is 28.0. The Kier molecular flexibility index (Phi) is 10.1. The van der Waals surface area contributed by atoms with Gasteiger partial charge in [-0.25, -0.2) is 0 Å². The third kappa shape index (κ3) is 8.51. The van der Waals surface area contributed by atoms with E-state index in [0.717, 1.165) is 27.1 Å². The molecule has 0 aliphatic rings. The second kappa shape index (κ2) is 12.3. The highest BCUT2D eigenvalue weighted by atomic mass is 79.9. The van der Waals surface area contributed by atoms with E-state index in [2.05, 4.69) is 21.2 Å². The number of thioether (sulfide) groups is 1. The van der Waals surface area contributed by atoms with Crippen LogP contribution >= 0.6 is 27.7 Å². The molecular weight excluding hydrogens is 488 g/mol. The zero-order valence-electron chi connectivity index (χ0n) is 19.5. The van der Waals surface area contributed by atoms with E-state index < -0.39 is 6.04 Å². The van der Waals surface area contributed by atoms with Gasteiger partial charge in [0.1, 0.15) is 11.8 Å². The van der Waals surface area contributed by atoms with E-state index in [1.165, 1.54) is 0 Å². The first kappa shape index (κ1) is 26.3. The molecule has 1 N–H and O–H groups in total. The third-order valence-corrected chi connectivity index (χ3v) is 6.32. The van der Waals surface area contributed by atoms with Crippen molar-refractivity contribution in [1.29, 1.82) is 0 Å². The number of methoxy groups -OCH3 is 1. The van der Waals surface area contributed by atoms with Crippen LogP contribution in [-0.4, -0.2) is 41.2 Å². The summed E-state index contributed by atoms with van der Waals surface area (Å²) < 4.78 is 6.27. The second-order valence-electron chi connectivity index (χ2n) is 8.65. The summed E-state index contributed by atoms with van der Waals surface area (Å²) in [7, 11) is 1.62. The highest BCUT2D eigenvalue weighted by Crippen LogP contribution is 2.20. The fourth-order valence-electron chi connectivity index (χ4n) is 3.22. The molecule has 1 unspecified atom stereocenters. The van der Waals surface area contributed by atoms with Crippen LogP contribution in [-0.2, 0) is 21.9 Å². The van der Waals surface area contributed by atoms with E-state index in [-0.39, 0.29) is 17.4 Å². The number of nitrogens with zero attached hydrogens (tertiary/aromatic N) is 1. The number of carbonyl (C=O) groups excluding carboxylic acids is 2. The third-order valence-electron chi connectivity index (χ3n) is 4.80. The Bertz CT molecular complexity index is 880. The molecule has 7 heteroatoms. The van der Waals surface area contributed by atoms with E-state index in [1.54, 1.807) is 23.8 Å². The van der Waals surface area contributed by atoms with Crippen LogP contribution in [0.4, 0.5) is 0 Å². The first-order valence-electron chi connectivity index (χ1n) is 10.7. The minimum atomic E-state index is -0.530. The van der Waals surface area contributed by atoms with Gasteiger partial charge in [-0.3, -0.25) is 9.59 Å². The summed E-state index contributed by atoms with van der Waals surface area (Å²) in [5, 5.41) is 3.03. The van der Waals surface area contributed by atoms with Crippen LogP contribution in [0.5, 0.6) is 5.75 Å². The zero-order valence-corrected chi connectivity index (χ0v) is 21.9. The van der Waals surface area contributed by atoms with Gasteiger partial charge in [0.2, 0.25) is 11.8 Å². The predicted octanol–water partition coefficient (Wildman–Crippen LogP) is 5.41. The van der Waals surface area contributed by atoms with E-state index in [1.807, 2.05) is 76.2 Å². The molecule has 0 heterocycles. The van der Waals surface area contributed by atoms with Crippen molar-refractivity contribution in [3.63, 3.8) is 0 Å². The van der Waals surface area contributed by atoms with Crippen molar-refractivity contribution < 1.29 is 14.3 Å². The summed E-state index contributed by atoms with van der Waals surface area (Å²) in [5.74, 6) is 1.64. The average molecular weight is 522 g/mol. The standard InChI is InChI=1S/C25H33BrN2O3S/c1-6-22(24(30)27-25(2,3)4)28(15-18-9-13-21(31-5)14-10-18)23(29)17-32-16-19-7-11-20(26)12-8-19/h7-14,22H,6,15-17H2,1-5H3,(H,27,30). The molecule has 2 aromatic rings. The number of hydrogen-bond acceptors (Lipinski definition) is 4. The minimum Gasteiger partial charge on any atom is -0.497 e. The normalized spacial score (nSPS) is 12.2. The Morgan fingerprint density at radius 3 is 2.19 bits per heavy atom. The van der Waals surface area contributed by atoms with E-state index in [4.69, 9.17) is 4.74 Å². The molecule has 2 rings (SSSR count). The predicted molar refractivity (Wildman–Crippen MR) is 136 cm³/mol. The molecule has 0 bridgehead atoms. The zero-order chi connectivity index (χ0) is 23.7. The molecule has 1 atom stereocenters. The molecule has 2 aromatic carbocycles. The maximum atomic E-state index is 13.3. The monoisotopic (exact) mass is 520 g/mol. The smallest absolute Gasteiger partial charge is 0.243 e. The number of amides is 2. The van der Waals surface area contributed by atoms with Crippen molar-refractivity contribution in [2.75, 3.05) is 12.9 Å². The lowest BCUT2D eigenvalue weighted by atomic mass is 10.1.